The average Bonchev–Trinajstić information content (AvgIpc) is 2.75. The van der Waals surface area contributed by atoms with Crippen LogP contribution in [0.5, 0.6) is 0 Å². The molecular formula is C15H24ClNS. The summed E-state index contributed by atoms with van der Waals surface area (Å²) >= 11 is 7.63. The fourth-order valence-electron chi connectivity index (χ4n) is 3.10. The molecule has 1 fully saturated rings. The van der Waals surface area contributed by atoms with Crippen molar-refractivity contribution >= 4 is 22.9 Å². The van der Waals surface area contributed by atoms with Crippen molar-refractivity contribution in [2.45, 2.75) is 52.0 Å². The van der Waals surface area contributed by atoms with E-state index in [-0.39, 0.29) is 0 Å². The molecule has 1 saturated carbocycles. The lowest BCUT2D eigenvalue weighted by Crippen LogP contribution is -2.35. The van der Waals surface area contributed by atoms with Crippen molar-refractivity contribution in [3.63, 3.8) is 0 Å². The highest BCUT2D eigenvalue weighted by Gasteiger charge is 2.27. The maximum atomic E-state index is 6.37. The van der Waals surface area contributed by atoms with Crippen LogP contribution in [-0.2, 0) is 6.42 Å². The maximum Gasteiger partial charge on any atom is 0.0931 e. The fraction of sp³-hybridized carbons (Fsp3) is 0.733. The average molecular weight is 286 g/mol. The monoisotopic (exact) mass is 285 g/mol. The number of halogens is 1. The van der Waals surface area contributed by atoms with Gasteiger partial charge in [-0.2, -0.15) is 0 Å². The standard InChI is InChI=1S/C15H24ClNS/c1-10(2)11-3-5-12(6-4-11)14(17)9-13-7-8-15(16)18-13/h7-8,10-12,14H,3-6,9,17H2,1-2H3. The molecule has 2 rings (SSSR count). The normalized spacial score (nSPS) is 26.5. The first kappa shape index (κ1) is 14.4. The Hall–Kier alpha value is -0.0500. The van der Waals surface area contributed by atoms with Crippen LogP contribution in [0.2, 0.25) is 4.34 Å². The van der Waals surface area contributed by atoms with Crippen LogP contribution in [0.15, 0.2) is 12.1 Å². The highest BCUT2D eigenvalue weighted by atomic mass is 35.5. The number of hydrogen-bond donors (Lipinski definition) is 1. The van der Waals surface area contributed by atoms with E-state index >= 15 is 0 Å². The molecule has 1 aromatic heterocycles. The topological polar surface area (TPSA) is 26.0 Å². The molecule has 1 atom stereocenters. The zero-order valence-electron chi connectivity index (χ0n) is 11.4. The molecule has 18 heavy (non-hydrogen) atoms. The minimum absolute atomic E-state index is 0.313. The highest BCUT2D eigenvalue weighted by Crippen LogP contribution is 2.35. The van der Waals surface area contributed by atoms with Crippen LogP contribution in [-0.4, -0.2) is 6.04 Å². The Balaban J connectivity index is 1.82. The van der Waals surface area contributed by atoms with E-state index < -0.39 is 0 Å². The third kappa shape index (κ3) is 3.72. The van der Waals surface area contributed by atoms with Crippen LogP contribution in [0.3, 0.4) is 0 Å². The molecule has 1 aromatic rings. The minimum atomic E-state index is 0.313. The Morgan fingerprint density at radius 3 is 2.33 bits per heavy atom. The van der Waals surface area contributed by atoms with Crippen molar-refractivity contribution in [1.82, 2.24) is 0 Å². The lowest BCUT2D eigenvalue weighted by atomic mass is 9.74. The van der Waals surface area contributed by atoms with Crippen molar-refractivity contribution in [3.05, 3.63) is 21.3 Å². The molecule has 102 valence electrons. The lowest BCUT2D eigenvalue weighted by molar-refractivity contribution is 0.203. The Kier molecular flexibility index (Phi) is 5.11. The second-order valence-electron chi connectivity index (χ2n) is 5.99. The largest absolute Gasteiger partial charge is 0.327 e. The van der Waals surface area contributed by atoms with Gasteiger partial charge < -0.3 is 5.73 Å². The predicted molar refractivity (Wildman–Crippen MR) is 81.3 cm³/mol. The van der Waals surface area contributed by atoms with Crippen LogP contribution in [0.4, 0.5) is 0 Å². The van der Waals surface area contributed by atoms with E-state index in [1.54, 1.807) is 11.3 Å². The molecule has 0 amide bonds. The summed E-state index contributed by atoms with van der Waals surface area (Å²) in [6, 6.07) is 4.41. The van der Waals surface area contributed by atoms with Crippen molar-refractivity contribution in [3.8, 4) is 0 Å². The lowest BCUT2D eigenvalue weighted by Gasteiger charge is -2.33. The van der Waals surface area contributed by atoms with Gasteiger partial charge in [0.15, 0.2) is 0 Å². The molecule has 3 heteroatoms. The molecule has 2 N–H and O–H groups in total. The zero-order valence-corrected chi connectivity index (χ0v) is 12.9. The first-order valence-electron chi connectivity index (χ1n) is 7.06. The van der Waals surface area contributed by atoms with Gasteiger partial charge in [0.2, 0.25) is 0 Å². The summed E-state index contributed by atoms with van der Waals surface area (Å²) in [5.74, 6) is 2.46. The Labute approximate surface area is 120 Å². The molecule has 0 aromatic carbocycles. The molecule has 1 heterocycles. The summed E-state index contributed by atoms with van der Waals surface area (Å²) in [7, 11) is 0. The molecule has 0 spiro atoms. The van der Waals surface area contributed by atoms with E-state index in [1.807, 2.05) is 6.07 Å². The Bertz CT molecular complexity index is 366. The van der Waals surface area contributed by atoms with E-state index in [0.717, 1.165) is 22.6 Å². The molecule has 1 aliphatic carbocycles. The van der Waals surface area contributed by atoms with E-state index in [0.29, 0.717) is 12.0 Å². The number of hydrogen-bond acceptors (Lipinski definition) is 2. The summed E-state index contributed by atoms with van der Waals surface area (Å²) < 4.78 is 0.876. The predicted octanol–water partition coefficient (Wildman–Crippen LogP) is 4.73. The number of rotatable bonds is 4. The summed E-state index contributed by atoms with van der Waals surface area (Å²) in [6.07, 6.45) is 6.34. The van der Waals surface area contributed by atoms with E-state index in [9.17, 15) is 0 Å². The van der Waals surface area contributed by atoms with Crippen LogP contribution < -0.4 is 5.73 Å². The van der Waals surface area contributed by atoms with Gasteiger partial charge in [-0.15, -0.1) is 11.3 Å². The summed E-state index contributed by atoms with van der Waals surface area (Å²) in [6.45, 7) is 4.69. The van der Waals surface area contributed by atoms with Gasteiger partial charge in [0.05, 0.1) is 4.34 Å². The second-order valence-corrected chi connectivity index (χ2v) is 7.79. The summed E-state index contributed by atoms with van der Waals surface area (Å²) in [4.78, 5) is 1.33. The molecule has 0 aliphatic heterocycles. The highest BCUT2D eigenvalue weighted by molar-refractivity contribution is 7.16. The Morgan fingerprint density at radius 2 is 1.83 bits per heavy atom. The molecule has 0 saturated heterocycles. The van der Waals surface area contributed by atoms with Gasteiger partial charge in [-0.25, -0.2) is 0 Å². The quantitative estimate of drug-likeness (QED) is 0.850. The van der Waals surface area contributed by atoms with Gasteiger partial charge in [-0.1, -0.05) is 25.4 Å². The van der Waals surface area contributed by atoms with E-state index in [1.165, 1.54) is 30.6 Å². The zero-order chi connectivity index (χ0) is 13.1. The third-order valence-electron chi connectivity index (χ3n) is 4.43. The van der Waals surface area contributed by atoms with Gasteiger partial charge in [0, 0.05) is 10.9 Å². The van der Waals surface area contributed by atoms with Crippen molar-refractivity contribution < 1.29 is 0 Å². The number of thiophene rings is 1. The Morgan fingerprint density at radius 1 is 1.22 bits per heavy atom. The fourth-order valence-corrected chi connectivity index (χ4v) is 4.26. The summed E-state index contributed by atoms with van der Waals surface area (Å²) in [5, 5.41) is 0. The van der Waals surface area contributed by atoms with E-state index in [2.05, 4.69) is 19.9 Å². The van der Waals surface area contributed by atoms with E-state index in [4.69, 9.17) is 17.3 Å². The molecule has 1 aliphatic rings. The van der Waals surface area contributed by atoms with Gasteiger partial charge >= 0.3 is 0 Å². The van der Waals surface area contributed by atoms with Crippen LogP contribution in [0.1, 0.15) is 44.4 Å². The molecule has 1 nitrogen and oxygen atoms in total. The minimum Gasteiger partial charge on any atom is -0.327 e. The SMILES string of the molecule is CC(C)C1CCC(C(N)Cc2ccc(Cl)s2)CC1. The van der Waals surface area contributed by atoms with Gasteiger partial charge in [0.1, 0.15) is 0 Å². The van der Waals surface area contributed by atoms with Crippen LogP contribution in [0, 0.1) is 17.8 Å². The molecule has 0 bridgehead atoms. The smallest absolute Gasteiger partial charge is 0.0931 e. The first-order chi connectivity index (χ1) is 8.56. The van der Waals surface area contributed by atoms with Gasteiger partial charge in [-0.3, -0.25) is 0 Å². The van der Waals surface area contributed by atoms with Crippen molar-refractivity contribution in [2.24, 2.45) is 23.5 Å². The summed E-state index contributed by atoms with van der Waals surface area (Å²) in [5.41, 5.74) is 6.37. The molecule has 0 radical (unpaired) electrons. The number of nitrogens with two attached hydrogens (primary N) is 1. The van der Waals surface area contributed by atoms with Crippen LogP contribution >= 0.6 is 22.9 Å². The van der Waals surface area contributed by atoms with Gasteiger partial charge in [0.25, 0.3) is 0 Å². The van der Waals surface area contributed by atoms with Crippen molar-refractivity contribution in [1.29, 1.82) is 0 Å². The second kappa shape index (κ2) is 6.40. The van der Waals surface area contributed by atoms with Gasteiger partial charge in [-0.05, 0) is 62.0 Å². The van der Waals surface area contributed by atoms with Crippen LogP contribution in [0.25, 0.3) is 0 Å². The first-order valence-corrected chi connectivity index (χ1v) is 8.25. The molecular weight excluding hydrogens is 262 g/mol. The third-order valence-corrected chi connectivity index (χ3v) is 5.68. The maximum absolute atomic E-state index is 6.37. The molecule has 1 unspecified atom stereocenters. The van der Waals surface area contributed by atoms with Crippen molar-refractivity contribution in [2.75, 3.05) is 0 Å².